The first kappa shape index (κ1) is 16.1. The van der Waals surface area contributed by atoms with Gasteiger partial charge in [0.25, 0.3) is 0 Å². The molecule has 0 atom stereocenters. The second-order valence-corrected chi connectivity index (χ2v) is 5.19. The number of urea groups is 1. The third kappa shape index (κ3) is 5.18. The van der Waals surface area contributed by atoms with Crippen LogP contribution in [0.5, 0.6) is 0 Å². The van der Waals surface area contributed by atoms with Gasteiger partial charge in [0.05, 0.1) is 13.2 Å². The maximum Gasteiger partial charge on any atom is 0.405 e. The number of carbonyl (C=O) groups is 1. The van der Waals surface area contributed by atoms with Crippen LogP contribution in [0.4, 0.5) is 23.7 Å². The van der Waals surface area contributed by atoms with Crippen molar-refractivity contribution in [1.29, 1.82) is 0 Å². The molecular weight excluding hydrogens is 357 g/mol. The molecule has 1 aromatic rings. The lowest BCUT2D eigenvalue weighted by Crippen LogP contribution is -2.36. The Kier molecular flexibility index (Phi) is 5.07. The highest BCUT2D eigenvalue weighted by Crippen LogP contribution is 2.29. The van der Waals surface area contributed by atoms with E-state index in [9.17, 15) is 18.0 Å². The van der Waals surface area contributed by atoms with Crippen LogP contribution in [0.3, 0.4) is 0 Å². The standard InChI is InChI=1S/C12H12BrF3N2O3/c13-8-3-7(10-20-1-2-21-10)4-9(5-8)18-11(19)17-6-12(14,15)16/h3-5,10H,1-2,6H2,(H2,17,18,19). The lowest BCUT2D eigenvalue weighted by Gasteiger charge is -2.13. The highest BCUT2D eigenvalue weighted by molar-refractivity contribution is 9.10. The number of nitrogens with one attached hydrogen (secondary N) is 2. The summed E-state index contributed by atoms with van der Waals surface area (Å²) in [5, 5.41) is 4.05. The molecule has 5 nitrogen and oxygen atoms in total. The first-order chi connectivity index (χ1) is 9.83. The summed E-state index contributed by atoms with van der Waals surface area (Å²) < 4.78 is 47.3. The smallest absolute Gasteiger partial charge is 0.346 e. The molecule has 116 valence electrons. The van der Waals surface area contributed by atoms with E-state index in [1.807, 2.05) is 0 Å². The summed E-state index contributed by atoms with van der Waals surface area (Å²) >= 11 is 3.26. The van der Waals surface area contributed by atoms with E-state index in [1.165, 1.54) is 0 Å². The normalized spacial score (nSPS) is 16.0. The number of alkyl halides is 3. The van der Waals surface area contributed by atoms with Gasteiger partial charge in [-0.3, -0.25) is 0 Å². The maximum atomic E-state index is 12.0. The molecule has 0 spiro atoms. The Morgan fingerprint density at radius 3 is 2.57 bits per heavy atom. The van der Waals surface area contributed by atoms with Crippen LogP contribution < -0.4 is 10.6 Å². The first-order valence-electron chi connectivity index (χ1n) is 5.99. The van der Waals surface area contributed by atoms with Crippen molar-refractivity contribution in [3.63, 3.8) is 0 Å². The van der Waals surface area contributed by atoms with E-state index in [4.69, 9.17) is 9.47 Å². The zero-order valence-electron chi connectivity index (χ0n) is 10.7. The predicted octanol–water partition coefficient (Wildman–Crippen LogP) is 3.18. The molecule has 21 heavy (non-hydrogen) atoms. The van der Waals surface area contributed by atoms with Crippen LogP contribution in [0.15, 0.2) is 22.7 Å². The Labute approximate surface area is 126 Å². The minimum Gasteiger partial charge on any atom is -0.346 e. The summed E-state index contributed by atoms with van der Waals surface area (Å²) in [6.07, 6.45) is -4.99. The number of carbonyl (C=O) groups excluding carboxylic acids is 1. The van der Waals surface area contributed by atoms with Crippen molar-refractivity contribution in [2.24, 2.45) is 0 Å². The fourth-order valence-electron chi connectivity index (χ4n) is 1.73. The molecule has 0 unspecified atom stereocenters. The quantitative estimate of drug-likeness (QED) is 0.861. The number of halogens is 4. The fourth-order valence-corrected chi connectivity index (χ4v) is 2.24. The first-order valence-corrected chi connectivity index (χ1v) is 6.78. The molecule has 2 N–H and O–H groups in total. The Morgan fingerprint density at radius 2 is 1.95 bits per heavy atom. The van der Waals surface area contributed by atoms with E-state index in [0.29, 0.717) is 28.9 Å². The van der Waals surface area contributed by atoms with Gasteiger partial charge in [-0.2, -0.15) is 13.2 Å². The van der Waals surface area contributed by atoms with Gasteiger partial charge >= 0.3 is 12.2 Å². The average molecular weight is 369 g/mol. The minimum absolute atomic E-state index is 0.332. The second-order valence-electron chi connectivity index (χ2n) is 4.27. The molecule has 0 saturated carbocycles. The number of hydrogen-bond acceptors (Lipinski definition) is 3. The van der Waals surface area contributed by atoms with E-state index in [-0.39, 0.29) is 0 Å². The molecule has 0 radical (unpaired) electrons. The molecule has 2 amide bonds. The predicted molar refractivity (Wildman–Crippen MR) is 71.9 cm³/mol. The summed E-state index contributed by atoms with van der Waals surface area (Å²) in [6, 6.07) is 3.94. The number of ether oxygens (including phenoxy) is 2. The monoisotopic (exact) mass is 368 g/mol. The van der Waals surface area contributed by atoms with Gasteiger partial charge in [0.1, 0.15) is 6.54 Å². The van der Waals surface area contributed by atoms with Crippen LogP contribution in [-0.4, -0.2) is 32.0 Å². The third-order valence-electron chi connectivity index (χ3n) is 2.52. The summed E-state index contributed by atoms with van der Waals surface area (Å²) in [7, 11) is 0. The fraction of sp³-hybridized carbons (Fsp3) is 0.417. The van der Waals surface area contributed by atoms with E-state index in [1.54, 1.807) is 23.5 Å². The van der Waals surface area contributed by atoms with Crippen LogP contribution in [0.2, 0.25) is 0 Å². The van der Waals surface area contributed by atoms with Crippen molar-refractivity contribution >= 4 is 27.6 Å². The zero-order chi connectivity index (χ0) is 15.5. The van der Waals surface area contributed by atoms with E-state index < -0.39 is 25.0 Å². The third-order valence-corrected chi connectivity index (χ3v) is 2.98. The van der Waals surface area contributed by atoms with Crippen molar-refractivity contribution in [2.75, 3.05) is 25.1 Å². The number of rotatable bonds is 3. The Hall–Kier alpha value is -1.32. The highest BCUT2D eigenvalue weighted by Gasteiger charge is 2.27. The molecule has 1 heterocycles. The van der Waals surface area contributed by atoms with Crippen molar-refractivity contribution in [1.82, 2.24) is 5.32 Å². The van der Waals surface area contributed by atoms with E-state index in [2.05, 4.69) is 21.2 Å². The largest absolute Gasteiger partial charge is 0.405 e. The van der Waals surface area contributed by atoms with Gasteiger partial charge in [-0.15, -0.1) is 0 Å². The zero-order valence-corrected chi connectivity index (χ0v) is 12.3. The van der Waals surface area contributed by atoms with Crippen molar-refractivity contribution < 1.29 is 27.4 Å². The molecule has 1 saturated heterocycles. The molecule has 1 aliphatic heterocycles. The molecule has 1 fully saturated rings. The number of benzene rings is 1. The minimum atomic E-state index is -4.45. The van der Waals surface area contributed by atoms with Crippen molar-refractivity contribution in [2.45, 2.75) is 12.5 Å². The SMILES string of the molecule is O=C(NCC(F)(F)F)Nc1cc(Br)cc(C2OCCO2)c1. The Balaban J connectivity index is 2.01. The Bertz CT molecular complexity index is 519. The van der Waals surface area contributed by atoms with Gasteiger partial charge < -0.3 is 20.1 Å². The molecule has 1 aliphatic rings. The van der Waals surface area contributed by atoms with Gasteiger partial charge in [0, 0.05) is 15.7 Å². The van der Waals surface area contributed by atoms with Gasteiger partial charge in [-0.1, -0.05) is 15.9 Å². The number of hydrogen-bond donors (Lipinski definition) is 2. The highest BCUT2D eigenvalue weighted by atomic mass is 79.9. The van der Waals surface area contributed by atoms with Crippen LogP contribution in [-0.2, 0) is 9.47 Å². The summed E-state index contributed by atoms with van der Waals surface area (Å²) in [4.78, 5) is 11.4. The van der Waals surface area contributed by atoms with Gasteiger partial charge in [-0.25, -0.2) is 4.79 Å². The second kappa shape index (κ2) is 6.63. The summed E-state index contributed by atoms with van der Waals surface area (Å²) in [5.74, 6) is 0. The van der Waals surface area contributed by atoms with Crippen molar-refractivity contribution in [3.05, 3.63) is 28.2 Å². The summed E-state index contributed by atoms with van der Waals surface area (Å²) in [5.41, 5.74) is 0.992. The topological polar surface area (TPSA) is 59.6 Å². The average Bonchev–Trinajstić information content (AvgIpc) is 2.88. The molecule has 2 rings (SSSR count). The maximum absolute atomic E-state index is 12.0. The summed E-state index contributed by atoms with van der Waals surface area (Å²) in [6.45, 7) is -0.466. The molecule has 1 aromatic carbocycles. The molecular formula is C12H12BrF3N2O3. The van der Waals surface area contributed by atoms with E-state index >= 15 is 0 Å². The number of anilines is 1. The van der Waals surface area contributed by atoms with E-state index in [0.717, 1.165) is 0 Å². The number of amides is 2. The van der Waals surface area contributed by atoms with Crippen LogP contribution in [0.25, 0.3) is 0 Å². The molecule has 0 bridgehead atoms. The van der Waals surface area contributed by atoms with Crippen LogP contribution in [0, 0.1) is 0 Å². The van der Waals surface area contributed by atoms with Gasteiger partial charge in [0.2, 0.25) is 0 Å². The van der Waals surface area contributed by atoms with Gasteiger partial charge in [-0.05, 0) is 18.2 Å². The van der Waals surface area contributed by atoms with Gasteiger partial charge in [0.15, 0.2) is 6.29 Å². The van der Waals surface area contributed by atoms with Crippen LogP contribution >= 0.6 is 15.9 Å². The van der Waals surface area contributed by atoms with Crippen molar-refractivity contribution in [3.8, 4) is 0 Å². The lowest BCUT2D eigenvalue weighted by atomic mass is 10.2. The molecule has 0 aliphatic carbocycles. The Morgan fingerprint density at radius 1 is 1.29 bits per heavy atom. The van der Waals surface area contributed by atoms with Crippen LogP contribution in [0.1, 0.15) is 11.9 Å². The molecule has 0 aromatic heterocycles. The lowest BCUT2D eigenvalue weighted by molar-refractivity contribution is -0.122. The molecule has 9 heteroatoms.